The molecule has 0 spiro atoms. The Morgan fingerprint density at radius 3 is 2.79 bits per heavy atom. The molecule has 1 aliphatic rings. The molecule has 24 heavy (non-hydrogen) atoms. The van der Waals surface area contributed by atoms with E-state index in [1.165, 1.54) is 41.6 Å². The molecule has 0 aliphatic heterocycles. The smallest absolute Gasteiger partial charge is 0.0402 e. The van der Waals surface area contributed by atoms with Crippen LogP contribution >= 0.6 is 0 Å². The lowest BCUT2D eigenvalue weighted by atomic mass is 9.83. The Balaban J connectivity index is 1.82. The highest BCUT2D eigenvalue weighted by molar-refractivity contribution is 5.55. The summed E-state index contributed by atoms with van der Waals surface area (Å²) in [4.78, 5) is 4.09. The van der Waals surface area contributed by atoms with Gasteiger partial charge in [0.1, 0.15) is 0 Å². The monoisotopic (exact) mass is 323 g/mol. The maximum Gasteiger partial charge on any atom is 0.0402 e. The van der Waals surface area contributed by atoms with Crippen LogP contribution in [0.4, 0.5) is 5.69 Å². The molecule has 0 radical (unpaired) electrons. The van der Waals surface area contributed by atoms with E-state index in [9.17, 15) is 0 Å². The predicted molar refractivity (Wildman–Crippen MR) is 101 cm³/mol. The number of anilines is 1. The van der Waals surface area contributed by atoms with E-state index in [1.807, 2.05) is 12.4 Å². The zero-order valence-corrected chi connectivity index (χ0v) is 14.9. The molecule has 0 saturated heterocycles. The Kier molecular flexibility index (Phi) is 5.20. The summed E-state index contributed by atoms with van der Waals surface area (Å²) in [6.45, 7) is 5.21. The van der Waals surface area contributed by atoms with Crippen molar-refractivity contribution < 1.29 is 0 Å². The van der Waals surface area contributed by atoms with Gasteiger partial charge in [-0.2, -0.15) is 0 Å². The molecule has 1 aliphatic carbocycles. The van der Waals surface area contributed by atoms with Crippen molar-refractivity contribution in [3.8, 4) is 0 Å². The summed E-state index contributed by atoms with van der Waals surface area (Å²) in [6.07, 6.45) is 9.65. The standard InChI is InChI=1S/C21H29N3/c1-16-6-7-20(24-15-17-8-11-23-12-9-17)19(13-16)18-5-3-4-10-21(2,22)14-18/h6-9,11-13,18,24H,3-5,10,14-15,22H2,1-2H3/t18-,21?/m0/s1. The molecule has 1 unspecified atom stereocenters. The van der Waals surface area contributed by atoms with Gasteiger partial charge in [-0.25, -0.2) is 0 Å². The molecule has 1 heterocycles. The summed E-state index contributed by atoms with van der Waals surface area (Å²) in [7, 11) is 0. The zero-order valence-electron chi connectivity index (χ0n) is 14.9. The van der Waals surface area contributed by atoms with E-state index in [-0.39, 0.29) is 5.54 Å². The average Bonchev–Trinajstić information content (AvgIpc) is 2.75. The first-order valence-corrected chi connectivity index (χ1v) is 9.06. The van der Waals surface area contributed by atoms with Crippen molar-refractivity contribution in [2.75, 3.05) is 5.32 Å². The zero-order chi connectivity index (χ0) is 17.0. The molecule has 2 aromatic rings. The van der Waals surface area contributed by atoms with E-state index in [0.29, 0.717) is 5.92 Å². The fraction of sp³-hybridized carbons (Fsp3) is 0.476. The third-order valence-corrected chi connectivity index (χ3v) is 5.14. The highest BCUT2D eigenvalue weighted by Gasteiger charge is 2.28. The Morgan fingerprint density at radius 1 is 1.21 bits per heavy atom. The first-order valence-electron chi connectivity index (χ1n) is 9.06. The van der Waals surface area contributed by atoms with E-state index in [1.54, 1.807) is 0 Å². The fourth-order valence-electron chi connectivity index (χ4n) is 3.83. The molecule has 3 N–H and O–H groups in total. The van der Waals surface area contributed by atoms with Gasteiger partial charge in [0, 0.05) is 30.2 Å². The molecule has 0 amide bonds. The van der Waals surface area contributed by atoms with Crippen molar-refractivity contribution in [1.29, 1.82) is 0 Å². The van der Waals surface area contributed by atoms with E-state index in [4.69, 9.17) is 5.73 Å². The summed E-state index contributed by atoms with van der Waals surface area (Å²) in [5, 5.41) is 3.63. The van der Waals surface area contributed by atoms with Crippen LogP contribution in [0, 0.1) is 6.92 Å². The fourth-order valence-corrected chi connectivity index (χ4v) is 3.83. The van der Waals surface area contributed by atoms with E-state index < -0.39 is 0 Å². The Hall–Kier alpha value is -1.87. The quantitative estimate of drug-likeness (QED) is 0.797. The number of benzene rings is 1. The molecule has 128 valence electrons. The van der Waals surface area contributed by atoms with Crippen LogP contribution in [-0.4, -0.2) is 10.5 Å². The van der Waals surface area contributed by atoms with Crippen LogP contribution in [0.2, 0.25) is 0 Å². The highest BCUT2D eigenvalue weighted by atomic mass is 14.9. The van der Waals surface area contributed by atoms with Crippen LogP contribution in [0.5, 0.6) is 0 Å². The van der Waals surface area contributed by atoms with Crippen LogP contribution < -0.4 is 11.1 Å². The van der Waals surface area contributed by atoms with Gasteiger partial charge in [0.05, 0.1) is 0 Å². The van der Waals surface area contributed by atoms with Crippen LogP contribution in [0.15, 0.2) is 42.7 Å². The van der Waals surface area contributed by atoms with Gasteiger partial charge in [0.25, 0.3) is 0 Å². The van der Waals surface area contributed by atoms with E-state index in [2.05, 4.69) is 54.5 Å². The number of aryl methyl sites for hydroxylation is 1. The molecule has 1 aromatic heterocycles. The first-order chi connectivity index (χ1) is 11.5. The number of aromatic nitrogens is 1. The van der Waals surface area contributed by atoms with Gasteiger partial charge >= 0.3 is 0 Å². The highest BCUT2D eigenvalue weighted by Crippen LogP contribution is 2.39. The third-order valence-electron chi connectivity index (χ3n) is 5.14. The largest absolute Gasteiger partial charge is 0.381 e. The molecule has 1 fully saturated rings. The number of nitrogens with zero attached hydrogens (tertiary/aromatic N) is 1. The third kappa shape index (κ3) is 4.35. The number of nitrogens with two attached hydrogens (primary N) is 1. The maximum absolute atomic E-state index is 6.53. The molecule has 1 saturated carbocycles. The minimum absolute atomic E-state index is 0.0483. The van der Waals surface area contributed by atoms with Gasteiger partial charge in [0.15, 0.2) is 0 Å². The average molecular weight is 323 g/mol. The van der Waals surface area contributed by atoms with Crippen LogP contribution in [0.1, 0.15) is 61.6 Å². The van der Waals surface area contributed by atoms with E-state index >= 15 is 0 Å². The van der Waals surface area contributed by atoms with Gasteiger partial charge in [-0.05, 0) is 68.4 Å². The molecule has 3 nitrogen and oxygen atoms in total. The normalized spacial score (nSPS) is 24.4. The molecular weight excluding hydrogens is 294 g/mol. The summed E-state index contributed by atoms with van der Waals surface area (Å²) in [6, 6.07) is 10.9. The number of pyridine rings is 1. The Bertz CT molecular complexity index is 664. The molecular formula is C21H29N3. The van der Waals surface area contributed by atoms with Crippen molar-refractivity contribution in [2.24, 2.45) is 5.73 Å². The first kappa shape index (κ1) is 17.0. The van der Waals surface area contributed by atoms with Gasteiger partial charge in [-0.1, -0.05) is 30.5 Å². The number of hydrogen-bond acceptors (Lipinski definition) is 3. The van der Waals surface area contributed by atoms with Crippen LogP contribution in [0.3, 0.4) is 0 Å². The van der Waals surface area contributed by atoms with E-state index in [0.717, 1.165) is 19.4 Å². The van der Waals surface area contributed by atoms with Gasteiger partial charge in [-0.15, -0.1) is 0 Å². The van der Waals surface area contributed by atoms with Gasteiger partial charge in [0.2, 0.25) is 0 Å². The second-order valence-corrected chi connectivity index (χ2v) is 7.60. The summed E-state index contributed by atoms with van der Waals surface area (Å²) in [5.74, 6) is 0.544. The number of rotatable bonds is 4. The summed E-state index contributed by atoms with van der Waals surface area (Å²) < 4.78 is 0. The van der Waals surface area contributed by atoms with Gasteiger partial charge < -0.3 is 11.1 Å². The van der Waals surface area contributed by atoms with Crippen molar-refractivity contribution in [3.05, 3.63) is 59.4 Å². The maximum atomic E-state index is 6.53. The Labute approximate surface area is 145 Å². The Morgan fingerprint density at radius 2 is 2.00 bits per heavy atom. The summed E-state index contributed by atoms with van der Waals surface area (Å²) >= 11 is 0. The minimum atomic E-state index is -0.0483. The second-order valence-electron chi connectivity index (χ2n) is 7.60. The SMILES string of the molecule is Cc1ccc(NCc2ccncc2)c([C@H]2CCCCC(C)(N)C2)c1. The molecule has 3 heteroatoms. The van der Waals surface area contributed by atoms with Crippen LogP contribution in [-0.2, 0) is 6.54 Å². The van der Waals surface area contributed by atoms with Crippen molar-refractivity contribution in [1.82, 2.24) is 4.98 Å². The lowest BCUT2D eigenvalue weighted by Crippen LogP contribution is -2.36. The number of hydrogen-bond donors (Lipinski definition) is 2. The number of nitrogens with one attached hydrogen (secondary N) is 1. The lowest BCUT2D eigenvalue weighted by Gasteiger charge is -2.28. The molecule has 1 aromatic carbocycles. The topological polar surface area (TPSA) is 50.9 Å². The van der Waals surface area contributed by atoms with Crippen molar-refractivity contribution >= 4 is 5.69 Å². The molecule has 2 atom stereocenters. The van der Waals surface area contributed by atoms with Gasteiger partial charge in [-0.3, -0.25) is 4.98 Å². The second kappa shape index (κ2) is 7.35. The minimum Gasteiger partial charge on any atom is -0.381 e. The predicted octanol–water partition coefficient (Wildman–Crippen LogP) is 4.77. The molecule has 3 rings (SSSR count). The molecule has 0 bridgehead atoms. The van der Waals surface area contributed by atoms with Crippen molar-refractivity contribution in [3.63, 3.8) is 0 Å². The lowest BCUT2D eigenvalue weighted by molar-refractivity contribution is 0.388. The van der Waals surface area contributed by atoms with Crippen LogP contribution in [0.25, 0.3) is 0 Å². The van der Waals surface area contributed by atoms with Crippen molar-refractivity contribution in [2.45, 2.75) is 64.0 Å². The summed E-state index contributed by atoms with van der Waals surface area (Å²) in [5.41, 5.74) is 11.7.